The first-order valence-electron chi connectivity index (χ1n) is 8.12. The molecule has 0 aromatic carbocycles. The fourth-order valence-electron chi connectivity index (χ4n) is 2.19. The van der Waals surface area contributed by atoms with Crippen LogP contribution in [-0.2, 0) is 0 Å². The van der Waals surface area contributed by atoms with Gasteiger partial charge in [-0.25, -0.2) is 0 Å². The van der Waals surface area contributed by atoms with Gasteiger partial charge in [0, 0.05) is 0 Å². The average Bonchev–Trinajstić information content (AvgIpc) is 2.35. The van der Waals surface area contributed by atoms with Gasteiger partial charge in [-0.05, 0) is 0 Å². The van der Waals surface area contributed by atoms with Crippen LogP contribution in [0, 0.1) is 0 Å². The Labute approximate surface area is 141 Å². The predicted molar refractivity (Wildman–Crippen MR) is 96.6 cm³/mol. The van der Waals surface area contributed by atoms with Gasteiger partial charge in [0.2, 0.25) is 0 Å². The normalized spacial score (nSPS) is 9.79. The van der Waals surface area contributed by atoms with Crippen LogP contribution in [0.2, 0.25) is 10.5 Å². The average molecular weight is 372 g/mol. The molecule has 118 valence electrons. The van der Waals surface area contributed by atoms with Gasteiger partial charge in [0.15, 0.2) is 0 Å². The number of unbranched alkanes of at least 4 members (excludes halogenated alkanes) is 10. The van der Waals surface area contributed by atoms with Crippen LogP contribution in [0.1, 0.15) is 90.9 Å². The Morgan fingerprint density at radius 3 is 1.16 bits per heavy atom. The van der Waals surface area contributed by atoms with E-state index in [4.69, 9.17) is 0 Å². The Bertz CT molecular complexity index is 118. The van der Waals surface area contributed by atoms with E-state index in [1.807, 2.05) is 0 Å². The van der Waals surface area contributed by atoms with Crippen molar-refractivity contribution in [3.63, 3.8) is 0 Å². The largest absolute Gasteiger partial charge is 0.147 e. The third-order valence-corrected chi connectivity index (χ3v) is 6.38. The van der Waals surface area contributed by atoms with Gasteiger partial charge in [0.05, 0.1) is 0 Å². The van der Waals surface area contributed by atoms with E-state index < -0.39 is 0 Å². The van der Waals surface area contributed by atoms with Crippen molar-refractivity contribution in [3.8, 4) is 0 Å². The minimum Gasteiger partial charge on any atom is -0.147 e. The van der Waals surface area contributed by atoms with Crippen molar-refractivity contribution < 1.29 is 0 Å². The van der Waals surface area contributed by atoms with Crippen LogP contribution in [0.4, 0.5) is 0 Å². The van der Waals surface area contributed by atoms with E-state index in [0.29, 0.717) is 15.4 Å². The smallest absolute Gasteiger partial charge is 0.147 e. The molecule has 0 spiro atoms. The van der Waals surface area contributed by atoms with Gasteiger partial charge in [-0.2, -0.15) is 0 Å². The number of hydrogen-bond acceptors (Lipinski definition) is 0. The molecule has 0 rings (SSSR count). The molecular formula is C16H36Cl2Ge. The Hall–Kier alpha value is 1.12. The first-order chi connectivity index (χ1) is 8.41. The van der Waals surface area contributed by atoms with Crippen LogP contribution < -0.4 is 0 Å². The quantitative estimate of drug-likeness (QED) is 0.226. The third-order valence-electron chi connectivity index (χ3n) is 3.41. The van der Waals surface area contributed by atoms with Crippen LogP contribution in [0.3, 0.4) is 0 Å². The minimum absolute atomic E-state index is 0. The first kappa shape index (κ1) is 25.1. The summed E-state index contributed by atoms with van der Waals surface area (Å²) in [6.07, 6.45) is 17.7. The van der Waals surface area contributed by atoms with E-state index >= 15 is 0 Å². The SMILES string of the molecule is CCCCCCC[CH2][Ge][CH2]CCCCCCC.Cl.Cl. The second-order valence-corrected chi connectivity index (χ2v) is 8.43. The summed E-state index contributed by atoms with van der Waals surface area (Å²) in [5.41, 5.74) is 0. The molecule has 0 aromatic heterocycles. The Morgan fingerprint density at radius 1 is 0.474 bits per heavy atom. The minimum atomic E-state index is 0. The van der Waals surface area contributed by atoms with Crippen molar-refractivity contribution in [3.05, 3.63) is 0 Å². The summed E-state index contributed by atoms with van der Waals surface area (Å²) < 4.78 is 0. The molecule has 0 bridgehead atoms. The summed E-state index contributed by atoms with van der Waals surface area (Å²) in [6, 6.07) is 0. The molecule has 0 aromatic rings. The fraction of sp³-hybridized carbons (Fsp3) is 1.00. The molecule has 0 unspecified atom stereocenters. The van der Waals surface area contributed by atoms with Crippen molar-refractivity contribution in [2.24, 2.45) is 0 Å². The van der Waals surface area contributed by atoms with Crippen LogP contribution in [-0.4, -0.2) is 15.4 Å². The van der Waals surface area contributed by atoms with E-state index in [-0.39, 0.29) is 24.8 Å². The Morgan fingerprint density at radius 2 is 0.789 bits per heavy atom. The standard InChI is InChI=1S/C16H34Ge.2ClH/c1-3-5-7-9-11-13-15-17-16-14-12-10-8-6-4-2;;/h3-16H2,1-2H3;2*1H. The predicted octanol–water partition coefficient (Wildman–Crippen LogP) is 7.09. The molecule has 2 radical (unpaired) electrons. The molecule has 0 aliphatic rings. The molecule has 0 saturated carbocycles. The van der Waals surface area contributed by atoms with Crippen LogP contribution in [0.25, 0.3) is 0 Å². The Balaban J connectivity index is -0.00000128. The van der Waals surface area contributed by atoms with E-state index in [2.05, 4.69) is 13.8 Å². The molecule has 0 aliphatic carbocycles. The van der Waals surface area contributed by atoms with Crippen LogP contribution in [0.5, 0.6) is 0 Å². The van der Waals surface area contributed by atoms with E-state index in [0.717, 1.165) is 0 Å². The van der Waals surface area contributed by atoms with Crippen molar-refractivity contribution >= 4 is 40.2 Å². The zero-order valence-electron chi connectivity index (χ0n) is 13.2. The molecular weight excluding hydrogens is 336 g/mol. The van der Waals surface area contributed by atoms with Gasteiger partial charge in [-0.3, -0.25) is 0 Å². The molecule has 0 fully saturated rings. The van der Waals surface area contributed by atoms with Crippen LogP contribution in [0.15, 0.2) is 0 Å². The number of halogens is 2. The molecule has 0 heterocycles. The molecule has 0 atom stereocenters. The van der Waals surface area contributed by atoms with Gasteiger partial charge in [-0.15, -0.1) is 24.8 Å². The molecule has 0 N–H and O–H groups in total. The molecule has 19 heavy (non-hydrogen) atoms. The van der Waals surface area contributed by atoms with Gasteiger partial charge in [0.25, 0.3) is 0 Å². The van der Waals surface area contributed by atoms with E-state index in [1.165, 1.54) is 64.2 Å². The molecule has 3 heteroatoms. The summed E-state index contributed by atoms with van der Waals surface area (Å²) in [4.78, 5) is 0. The number of hydrogen-bond donors (Lipinski definition) is 0. The molecule has 0 aliphatic heterocycles. The van der Waals surface area contributed by atoms with E-state index in [1.54, 1.807) is 23.3 Å². The zero-order valence-corrected chi connectivity index (χ0v) is 16.9. The van der Waals surface area contributed by atoms with Gasteiger partial charge in [-0.1, -0.05) is 0 Å². The fourth-order valence-corrected chi connectivity index (χ4v) is 4.81. The molecule has 0 nitrogen and oxygen atoms in total. The topological polar surface area (TPSA) is 0 Å². The molecule has 0 amide bonds. The van der Waals surface area contributed by atoms with Crippen molar-refractivity contribution in [2.45, 2.75) is 101 Å². The third kappa shape index (κ3) is 24.5. The summed E-state index contributed by atoms with van der Waals surface area (Å²) in [6.45, 7) is 4.60. The second-order valence-electron chi connectivity index (χ2n) is 5.29. The summed E-state index contributed by atoms with van der Waals surface area (Å²) >= 11 is 0.448. The van der Waals surface area contributed by atoms with E-state index in [9.17, 15) is 0 Å². The van der Waals surface area contributed by atoms with Crippen molar-refractivity contribution in [1.82, 2.24) is 0 Å². The van der Waals surface area contributed by atoms with Gasteiger partial charge < -0.3 is 0 Å². The maximum atomic E-state index is 2.30. The molecule has 0 saturated heterocycles. The summed E-state index contributed by atoms with van der Waals surface area (Å²) in [5.74, 6) is 0. The maximum Gasteiger partial charge on any atom is -0.147 e. The monoisotopic (exact) mass is 372 g/mol. The van der Waals surface area contributed by atoms with Crippen LogP contribution >= 0.6 is 24.8 Å². The first-order valence-corrected chi connectivity index (χ1v) is 11.1. The van der Waals surface area contributed by atoms with Crippen molar-refractivity contribution in [1.29, 1.82) is 0 Å². The van der Waals surface area contributed by atoms with Gasteiger partial charge >= 0.3 is 117 Å². The Kier molecular flexibility index (Phi) is 31.9. The van der Waals surface area contributed by atoms with Crippen molar-refractivity contribution in [2.75, 3.05) is 0 Å². The number of rotatable bonds is 14. The summed E-state index contributed by atoms with van der Waals surface area (Å²) in [7, 11) is 0. The van der Waals surface area contributed by atoms with Gasteiger partial charge in [0.1, 0.15) is 0 Å². The maximum absolute atomic E-state index is 2.30. The second kappa shape index (κ2) is 24.2. The zero-order chi connectivity index (χ0) is 12.6. The summed E-state index contributed by atoms with van der Waals surface area (Å²) in [5, 5.41) is 3.22.